The fourth-order valence-electron chi connectivity index (χ4n) is 3.49. The zero-order valence-corrected chi connectivity index (χ0v) is 16.1. The van der Waals surface area contributed by atoms with Gasteiger partial charge in [-0.05, 0) is 41.8 Å². The zero-order valence-electron chi connectivity index (χ0n) is 16.1. The summed E-state index contributed by atoms with van der Waals surface area (Å²) in [7, 11) is 0. The number of carbonyl (C=O) groups excluding carboxylic acids is 2. The number of para-hydroxylation sites is 1. The molecule has 7 nitrogen and oxygen atoms in total. The molecule has 1 atom stereocenters. The van der Waals surface area contributed by atoms with E-state index in [2.05, 4.69) is 15.4 Å². The summed E-state index contributed by atoms with van der Waals surface area (Å²) < 4.78 is 1.82. The lowest BCUT2D eigenvalue weighted by Crippen LogP contribution is -2.34. The average molecular weight is 389 g/mol. The molecular weight excluding hydrogens is 366 g/mol. The number of hydrogen-bond acceptors (Lipinski definition) is 4. The first-order valence-corrected chi connectivity index (χ1v) is 9.72. The number of aromatic nitrogens is 3. The van der Waals surface area contributed by atoms with Crippen LogP contribution in [0, 0.1) is 5.92 Å². The third-order valence-corrected chi connectivity index (χ3v) is 5.08. The third kappa shape index (κ3) is 4.68. The highest BCUT2D eigenvalue weighted by atomic mass is 16.2. The number of likely N-dealkylation sites (tertiary alicyclic amines) is 1. The van der Waals surface area contributed by atoms with Gasteiger partial charge in [0.1, 0.15) is 0 Å². The fraction of sp³-hybridized carbons (Fsp3) is 0.273. The van der Waals surface area contributed by atoms with Crippen LogP contribution >= 0.6 is 0 Å². The van der Waals surface area contributed by atoms with Gasteiger partial charge in [0.2, 0.25) is 11.8 Å². The number of nitrogens with zero attached hydrogens (tertiary/aromatic N) is 4. The molecule has 3 heterocycles. The Morgan fingerprint density at radius 1 is 1.10 bits per heavy atom. The van der Waals surface area contributed by atoms with Crippen LogP contribution in [0.4, 0.5) is 0 Å². The van der Waals surface area contributed by atoms with Crippen molar-refractivity contribution >= 4 is 11.8 Å². The van der Waals surface area contributed by atoms with E-state index in [1.165, 1.54) is 0 Å². The molecule has 1 aliphatic heterocycles. The molecule has 1 N–H and O–H groups in total. The fourth-order valence-corrected chi connectivity index (χ4v) is 3.49. The molecule has 2 aromatic heterocycles. The molecule has 0 bridgehead atoms. The maximum absolute atomic E-state index is 12.5. The smallest absolute Gasteiger partial charge is 0.225 e. The predicted octanol–water partition coefficient (Wildman–Crippen LogP) is 1.97. The maximum atomic E-state index is 12.5. The second-order valence-corrected chi connectivity index (χ2v) is 7.20. The third-order valence-electron chi connectivity index (χ3n) is 5.08. The van der Waals surface area contributed by atoms with Crippen molar-refractivity contribution in [1.82, 2.24) is 25.0 Å². The van der Waals surface area contributed by atoms with Crippen molar-refractivity contribution in [3.05, 3.63) is 78.4 Å². The van der Waals surface area contributed by atoms with Gasteiger partial charge in [-0.1, -0.05) is 18.2 Å². The first-order valence-electron chi connectivity index (χ1n) is 9.72. The van der Waals surface area contributed by atoms with Gasteiger partial charge in [0, 0.05) is 44.6 Å². The van der Waals surface area contributed by atoms with Gasteiger partial charge in [-0.2, -0.15) is 5.10 Å². The Hall–Kier alpha value is -3.48. The molecule has 0 radical (unpaired) electrons. The molecule has 0 aliphatic carbocycles. The number of rotatable bonds is 7. The molecule has 1 fully saturated rings. The summed E-state index contributed by atoms with van der Waals surface area (Å²) in [5.41, 5.74) is 3.07. The highest BCUT2D eigenvalue weighted by molar-refractivity contribution is 5.89. The number of carbonyl (C=O) groups is 2. The summed E-state index contributed by atoms with van der Waals surface area (Å²) in [4.78, 5) is 30.5. The van der Waals surface area contributed by atoms with Crippen LogP contribution in [0.15, 0.2) is 67.3 Å². The summed E-state index contributed by atoms with van der Waals surface area (Å²) in [6, 6.07) is 13.7. The van der Waals surface area contributed by atoms with Crippen LogP contribution in [-0.2, 0) is 22.6 Å². The van der Waals surface area contributed by atoms with E-state index in [4.69, 9.17) is 0 Å². The van der Waals surface area contributed by atoms with Crippen LogP contribution in [0.5, 0.6) is 0 Å². The summed E-state index contributed by atoms with van der Waals surface area (Å²) in [5, 5.41) is 7.33. The van der Waals surface area contributed by atoms with Crippen LogP contribution in [0.1, 0.15) is 17.5 Å². The van der Waals surface area contributed by atoms with Gasteiger partial charge in [-0.25, -0.2) is 4.68 Å². The Balaban J connectivity index is 1.25. The Labute approximate surface area is 169 Å². The first-order chi connectivity index (χ1) is 14.2. The van der Waals surface area contributed by atoms with Crippen LogP contribution in [-0.4, -0.2) is 44.6 Å². The molecule has 0 unspecified atom stereocenters. The monoisotopic (exact) mass is 389 g/mol. The van der Waals surface area contributed by atoms with E-state index >= 15 is 0 Å². The first kappa shape index (κ1) is 18.9. The van der Waals surface area contributed by atoms with Crippen molar-refractivity contribution in [3.8, 4) is 5.69 Å². The van der Waals surface area contributed by atoms with Gasteiger partial charge in [0.15, 0.2) is 0 Å². The Kier molecular flexibility index (Phi) is 5.65. The van der Waals surface area contributed by atoms with Crippen molar-refractivity contribution in [2.45, 2.75) is 19.4 Å². The summed E-state index contributed by atoms with van der Waals surface area (Å²) in [6.45, 7) is 1.50. The summed E-state index contributed by atoms with van der Waals surface area (Å²) >= 11 is 0. The highest BCUT2D eigenvalue weighted by Crippen LogP contribution is 2.20. The SMILES string of the molecule is O=C(NCCc1cnn(-c2ccccc2)c1)[C@@H]1CC(=O)N(Cc2ccncc2)C1. The van der Waals surface area contributed by atoms with Crippen molar-refractivity contribution in [1.29, 1.82) is 0 Å². The van der Waals surface area contributed by atoms with E-state index in [9.17, 15) is 9.59 Å². The second kappa shape index (κ2) is 8.68. The van der Waals surface area contributed by atoms with E-state index < -0.39 is 0 Å². The summed E-state index contributed by atoms with van der Waals surface area (Å²) in [6.07, 6.45) is 8.16. The number of amides is 2. The molecule has 0 spiro atoms. The van der Waals surface area contributed by atoms with E-state index in [1.54, 1.807) is 17.3 Å². The standard InChI is InChI=1S/C22H23N5O2/c28-21-12-19(16-26(21)14-17-6-9-23-10-7-17)22(29)24-11-8-18-13-25-27(15-18)20-4-2-1-3-5-20/h1-7,9-10,13,15,19H,8,11-12,14,16H2,(H,24,29)/t19-/m1/s1. The lowest BCUT2D eigenvalue weighted by Gasteiger charge is -2.16. The lowest BCUT2D eigenvalue weighted by atomic mass is 10.1. The maximum Gasteiger partial charge on any atom is 0.225 e. The Bertz CT molecular complexity index is 971. The Morgan fingerprint density at radius 3 is 2.69 bits per heavy atom. The molecule has 1 saturated heterocycles. The van der Waals surface area contributed by atoms with E-state index in [1.807, 2.05) is 59.5 Å². The Morgan fingerprint density at radius 2 is 1.90 bits per heavy atom. The molecule has 29 heavy (non-hydrogen) atoms. The number of nitrogens with one attached hydrogen (secondary N) is 1. The van der Waals surface area contributed by atoms with Crippen molar-refractivity contribution in [2.24, 2.45) is 5.92 Å². The molecule has 1 aliphatic rings. The van der Waals surface area contributed by atoms with Crippen molar-refractivity contribution in [3.63, 3.8) is 0 Å². The van der Waals surface area contributed by atoms with Gasteiger partial charge in [-0.15, -0.1) is 0 Å². The molecule has 1 aromatic carbocycles. The van der Waals surface area contributed by atoms with Crippen LogP contribution < -0.4 is 5.32 Å². The van der Waals surface area contributed by atoms with Gasteiger partial charge >= 0.3 is 0 Å². The number of benzene rings is 1. The van der Waals surface area contributed by atoms with Gasteiger partial charge < -0.3 is 10.2 Å². The number of hydrogen-bond donors (Lipinski definition) is 1. The zero-order chi connectivity index (χ0) is 20.1. The normalized spacial score (nSPS) is 16.2. The molecular formula is C22H23N5O2. The highest BCUT2D eigenvalue weighted by Gasteiger charge is 2.33. The lowest BCUT2D eigenvalue weighted by molar-refractivity contribution is -0.129. The van der Waals surface area contributed by atoms with Gasteiger partial charge in [0.25, 0.3) is 0 Å². The van der Waals surface area contributed by atoms with Gasteiger partial charge in [-0.3, -0.25) is 14.6 Å². The van der Waals surface area contributed by atoms with E-state index in [0.717, 1.165) is 16.8 Å². The largest absolute Gasteiger partial charge is 0.355 e. The molecule has 3 aromatic rings. The topological polar surface area (TPSA) is 80.1 Å². The van der Waals surface area contributed by atoms with Crippen molar-refractivity contribution < 1.29 is 9.59 Å². The molecule has 0 saturated carbocycles. The quantitative estimate of drug-likeness (QED) is 0.670. The van der Waals surface area contributed by atoms with E-state index in [0.29, 0.717) is 26.1 Å². The van der Waals surface area contributed by atoms with Crippen LogP contribution in [0.25, 0.3) is 5.69 Å². The average Bonchev–Trinajstić information content (AvgIpc) is 3.37. The molecule has 7 heteroatoms. The molecule has 148 valence electrons. The molecule has 2 amide bonds. The number of pyridine rings is 1. The van der Waals surface area contributed by atoms with E-state index in [-0.39, 0.29) is 24.2 Å². The van der Waals surface area contributed by atoms with Crippen LogP contribution in [0.3, 0.4) is 0 Å². The predicted molar refractivity (Wildman–Crippen MR) is 108 cm³/mol. The minimum absolute atomic E-state index is 0.0195. The second-order valence-electron chi connectivity index (χ2n) is 7.20. The minimum atomic E-state index is -0.295. The van der Waals surface area contributed by atoms with Crippen LogP contribution in [0.2, 0.25) is 0 Å². The van der Waals surface area contributed by atoms with Crippen molar-refractivity contribution in [2.75, 3.05) is 13.1 Å². The minimum Gasteiger partial charge on any atom is -0.355 e. The summed E-state index contributed by atoms with van der Waals surface area (Å²) in [5.74, 6) is -0.339. The molecule has 4 rings (SSSR count). The van der Waals surface area contributed by atoms with Gasteiger partial charge in [0.05, 0.1) is 17.8 Å².